The van der Waals surface area contributed by atoms with Crippen LogP contribution in [0.15, 0.2) is 66.9 Å². The Morgan fingerprint density at radius 1 is 0.935 bits per heavy atom. The van der Waals surface area contributed by atoms with Crippen molar-refractivity contribution in [3.63, 3.8) is 0 Å². The van der Waals surface area contributed by atoms with E-state index in [1.54, 1.807) is 6.07 Å². The molecule has 2 aromatic carbocycles. The third kappa shape index (κ3) is 2.87. The van der Waals surface area contributed by atoms with E-state index in [-0.39, 0.29) is 11.5 Å². The average Bonchev–Trinajstić information content (AvgIpc) is 3.17. The lowest BCUT2D eigenvalue weighted by molar-refractivity contribution is 0.809. The molecule has 0 spiro atoms. The van der Waals surface area contributed by atoms with Crippen LogP contribution in [0.5, 0.6) is 0 Å². The summed E-state index contributed by atoms with van der Waals surface area (Å²) in [5.41, 5.74) is 6.25. The molecule has 5 rings (SSSR count). The minimum Gasteiger partial charge on any atom is -0.309 e. The van der Waals surface area contributed by atoms with Gasteiger partial charge in [-0.2, -0.15) is 15.8 Å². The molecule has 5 nitrogen and oxygen atoms in total. The maximum absolute atomic E-state index is 9.45. The van der Waals surface area contributed by atoms with Crippen molar-refractivity contribution in [1.82, 2.24) is 9.55 Å². The normalized spacial score (nSPS) is 14.4. The minimum absolute atomic E-state index is 0.139. The second kappa shape index (κ2) is 7.30. The summed E-state index contributed by atoms with van der Waals surface area (Å²) >= 11 is 0. The maximum atomic E-state index is 9.45. The largest absolute Gasteiger partial charge is 0.309 e. The van der Waals surface area contributed by atoms with Crippen LogP contribution in [0.4, 0.5) is 0 Å². The Balaban J connectivity index is 1.79. The standard InChI is InChI=1S/C26H15N5/c27-13-17-9-10-26-22(11-17)20-5-1-3-7-24(20)31(26)25-8-4-2-6-21(25)23-12-18(14-28)19(15-29)16-30-23/h1-10,12,16-17H,11H2. The molecule has 144 valence electrons. The molecule has 0 fully saturated rings. The van der Waals surface area contributed by atoms with Gasteiger partial charge in [-0.15, -0.1) is 0 Å². The number of fused-ring (bicyclic) bond motifs is 3. The number of pyridine rings is 1. The van der Waals surface area contributed by atoms with E-state index < -0.39 is 0 Å². The zero-order valence-electron chi connectivity index (χ0n) is 16.4. The highest BCUT2D eigenvalue weighted by atomic mass is 15.0. The second-order valence-electron chi connectivity index (χ2n) is 7.37. The number of hydrogen-bond donors (Lipinski definition) is 0. The van der Waals surface area contributed by atoms with Crippen LogP contribution < -0.4 is 0 Å². The summed E-state index contributed by atoms with van der Waals surface area (Å²) in [7, 11) is 0. The Kier molecular flexibility index (Phi) is 4.33. The van der Waals surface area contributed by atoms with E-state index in [1.807, 2.05) is 54.6 Å². The molecular formula is C26H15N5. The van der Waals surface area contributed by atoms with Gasteiger partial charge in [-0.3, -0.25) is 4.98 Å². The van der Waals surface area contributed by atoms with E-state index in [1.165, 1.54) is 6.20 Å². The molecule has 1 unspecified atom stereocenters. The lowest BCUT2D eigenvalue weighted by Crippen LogP contribution is -2.07. The van der Waals surface area contributed by atoms with Gasteiger partial charge in [-0.25, -0.2) is 0 Å². The highest BCUT2D eigenvalue weighted by molar-refractivity contribution is 5.92. The molecule has 0 N–H and O–H groups in total. The van der Waals surface area contributed by atoms with Crippen LogP contribution in [0.2, 0.25) is 0 Å². The van der Waals surface area contributed by atoms with Crippen molar-refractivity contribution in [3.8, 4) is 35.2 Å². The third-order valence-electron chi connectivity index (χ3n) is 5.66. The summed E-state index contributed by atoms with van der Waals surface area (Å²) in [6.45, 7) is 0. The van der Waals surface area contributed by atoms with Gasteiger partial charge >= 0.3 is 0 Å². The van der Waals surface area contributed by atoms with Crippen molar-refractivity contribution >= 4 is 17.0 Å². The first-order chi connectivity index (χ1) is 15.2. The van der Waals surface area contributed by atoms with Crippen LogP contribution in [0.3, 0.4) is 0 Å². The lowest BCUT2D eigenvalue weighted by Gasteiger charge is -2.17. The fraction of sp³-hybridized carbons (Fsp3) is 0.0769. The molecule has 4 aromatic rings. The highest BCUT2D eigenvalue weighted by Crippen LogP contribution is 2.37. The number of allylic oxidation sites excluding steroid dienone is 1. The third-order valence-corrected chi connectivity index (χ3v) is 5.66. The molecule has 0 radical (unpaired) electrons. The molecule has 5 heteroatoms. The zero-order valence-corrected chi connectivity index (χ0v) is 16.4. The predicted octanol–water partition coefficient (Wildman–Crippen LogP) is 5.14. The number of para-hydroxylation sites is 2. The molecule has 0 aliphatic heterocycles. The van der Waals surface area contributed by atoms with E-state index in [0.717, 1.165) is 33.4 Å². The molecule has 1 aliphatic rings. The Bertz CT molecular complexity index is 1500. The monoisotopic (exact) mass is 397 g/mol. The number of hydrogen-bond acceptors (Lipinski definition) is 4. The van der Waals surface area contributed by atoms with Crippen LogP contribution in [-0.4, -0.2) is 9.55 Å². The smallest absolute Gasteiger partial charge is 0.102 e. The Hall–Kier alpha value is -4.66. The van der Waals surface area contributed by atoms with Crippen LogP contribution in [0, 0.1) is 39.9 Å². The zero-order chi connectivity index (χ0) is 21.4. The van der Waals surface area contributed by atoms with E-state index in [0.29, 0.717) is 17.7 Å². The first-order valence-electron chi connectivity index (χ1n) is 9.85. The molecule has 2 heterocycles. The minimum atomic E-state index is -0.139. The van der Waals surface area contributed by atoms with Crippen molar-refractivity contribution in [2.24, 2.45) is 5.92 Å². The Labute approximate surface area is 179 Å². The predicted molar refractivity (Wildman–Crippen MR) is 118 cm³/mol. The summed E-state index contributed by atoms with van der Waals surface area (Å²) in [6, 6.07) is 24.2. The first-order valence-corrected chi connectivity index (χ1v) is 9.85. The van der Waals surface area contributed by atoms with E-state index >= 15 is 0 Å². The van der Waals surface area contributed by atoms with E-state index in [9.17, 15) is 15.8 Å². The van der Waals surface area contributed by atoms with Crippen molar-refractivity contribution in [2.75, 3.05) is 0 Å². The number of nitriles is 3. The van der Waals surface area contributed by atoms with Gasteiger partial charge in [0.2, 0.25) is 0 Å². The van der Waals surface area contributed by atoms with Crippen LogP contribution >= 0.6 is 0 Å². The van der Waals surface area contributed by atoms with Gasteiger partial charge in [0, 0.05) is 22.8 Å². The molecule has 2 aromatic heterocycles. The first kappa shape index (κ1) is 18.4. The summed E-state index contributed by atoms with van der Waals surface area (Å²) in [4.78, 5) is 4.47. The molecule has 0 saturated carbocycles. The number of nitrogens with zero attached hydrogens (tertiary/aromatic N) is 5. The molecular weight excluding hydrogens is 382 g/mol. The number of rotatable bonds is 2. The summed E-state index contributed by atoms with van der Waals surface area (Å²) < 4.78 is 2.19. The average molecular weight is 397 g/mol. The number of benzene rings is 2. The van der Waals surface area contributed by atoms with Gasteiger partial charge in [-0.1, -0.05) is 42.5 Å². The van der Waals surface area contributed by atoms with Crippen molar-refractivity contribution in [2.45, 2.75) is 6.42 Å². The topological polar surface area (TPSA) is 89.2 Å². The van der Waals surface area contributed by atoms with Crippen LogP contribution in [-0.2, 0) is 6.42 Å². The molecule has 0 amide bonds. The van der Waals surface area contributed by atoms with Gasteiger partial charge < -0.3 is 4.57 Å². The van der Waals surface area contributed by atoms with Gasteiger partial charge in [0.1, 0.15) is 12.1 Å². The lowest BCUT2D eigenvalue weighted by atomic mass is 9.93. The molecule has 0 saturated heterocycles. The summed E-state index contributed by atoms with van der Waals surface area (Å²) in [6.07, 6.45) is 6.10. The fourth-order valence-electron chi connectivity index (χ4n) is 4.23. The van der Waals surface area contributed by atoms with Crippen molar-refractivity contribution in [3.05, 3.63) is 89.3 Å². The van der Waals surface area contributed by atoms with Gasteiger partial charge in [0.25, 0.3) is 0 Å². The quantitative estimate of drug-likeness (QED) is 0.468. The fourth-order valence-corrected chi connectivity index (χ4v) is 4.23. The molecule has 31 heavy (non-hydrogen) atoms. The van der Waals surface area contributed by atoms with Crippen molar-refractivity contribution < 1.29 is 0 Å². The number of aromatic nitrogens is 2. The van der Waals surface area contributed by atoms with Gasteiger partial charge in [0.05, 0.1) is 40.0 Å². The molecule has 0 bridgehead atoms. The van der Waals surface area contributed by atoms with E-state index in [2.05, 4.69) is 33.8 Å². The summed E-state index contributed by atoms with van der Waals surface area (Å²) in [5, 5.41) is 29.2. The van der Waals surface area contributed by atoms with Gasteiger partial charge in [0.15, 0.2) is 0 Å². The maximum Gasteiger partial charge on any atom is 0.102 e. The Morgan fingerprint density at radius 3 is 2.52 bits per heavy atom. The van der Waals surface area contributed by atoms with Gasteiger partial charge in [-0.05, 0) is 36.3 Å². The summed E-state index contributed by atoms with van der Waals surface area (Å²) in [5.74, 6) is -0.139. The SMILES string of the molecule is N#Cc1cnc(-c2ccccc2-n2c3c(c4ccccc42)CC(C#N)C=C3)cc1C#N. The van der Waals surface area contributed by atoms with Crippen molar-refractivity contribution in [1.29, 1.82) is 15.8 Å². The molecule has 1 atom stereocenters. The highest BCUT2D eigenvalue weighted by Gasteiger charge is 2.23. The molecule has 1 aliphatic carbocycles. The Morgan fingerprint density at radius 2 is 1.71 bits per heavy atom. The van der Waals surface area contributed by atoms with E-state index in [4.69, 9.17) is 0 Å². The second-order valence-corrected chi connectivity index (χ2v) is 7.37. The van der Waals surface area contributed by atoms with Crippen LogP contribution in [0.1, 0.15) is 22.4 Å². The van der Waals surface area contributed by atoms with Crippen LogP contribution in [0.25, 0.3) is 33.9 Å².